The summed E-state index contributed by atoms with van der Waals surface area (Å²) in [6.45, 7) is 6.47. The van der Waals surface area contributed by atoms with Crippen LogP contribution in [0.25, 0.3) is 11.1 Å². The number of benzene rings is 2. The second-order valence-corrected chi connectivity index (χ2v) is 9.17. The van der Waals surface area contributed by atoms with E-state index in [1.807, 2.05) is 30.3 Å². The first-order valence-electron chi connectivity index (χ1n) is 12.1. The van der Waals surface area contributed by atoms with Crippen molar-refractivity contribution >= 4 is 5.91 Å². The van der Waals surface area contributed by atoms with Crippen molar-refractivity contribution in [3.63, 3.8) is 0 Å². The number of amides is 1. The number of fused-ring (bicyclic) bond motifs is 1. The lowest BCUT2D eigenvalue weighted by Crippen LogP contribution is -2.34. The number of carbonyl (C=O) groups is 1. The molecule has 3 aromatic rings. The Hall–Kier alpha value is -3.59. The fourth-order valence-corrected chi connectivity index (χ4v) is 4.62. The summed E-state index contributed by atoms with van der Waals surface area (Å²) >= 11 is 0. The number of aromatic nitrogens is 3. The monoisotopic (exact) mass is 477 g/mol. The van der Waals surface area contributed by atoms with E-state index in [-0.39, 0.29) is 19.3 Å². The van der Waals surface area contributed by atoms with Gasteiger partial charge in [-0.05, 0) is 60.7 Å². The van der Waals surface area contributed by atoms with Crippen LogP contribution in [0.3, 0.4) is 0 Å². The van der Waals surface area contributed by atoms with Crippen LogP contribution in [-0.2, 0) is 17.9 Å². The molecule has 0 spiro atoms. The molecule has 2 aliphatic heterocycles. The predicted molar refractivity (Wildman–Crippen MR) is 130 cm³/mol. The summed E-state index contributed by atoms with van der Waals surface area (Å²) in [6, 6.07) is 12.1. The molecule has 2 aliphatic rings. The van der Waals surface area contributed by atoms with E-state index >= 15 is 0 Å². The van der Waals surface area contributed by atoms with Crippen LogP contribution in [0.1, 0.15) is 25.3 Å². The van der Waals surface area contributed by atoms with Gasteiger partial charge in [0.25, 0.3) is 5.91 Å². The number of hydrogen-bond donors (Lipinski definition) is 1. The minimum absolute atomic E-state index is 0.0376. The lowest BCUT2D eigenvalue weighted by molar-refractivity contribution is -0.123. The molecule has 1 saturated heterocycles. The summed E-state index contributed by atoms with van der Waals surface area (Å²) in [7, 11) is 0. The predicted octanol–water partition coefficient (Wildman–Crippen LogP) is 3.10. The third-order valence-electron chi connectivity index (χ3n) is 6.39. The molecule has 35 heavy (non-hydrogen) atoms. The number of rotatable bonds is 9. The number of hydrogen-bond acceptors (Lipinski definition) is 7. The van der Waals surface area contributed by atoms with Crippen molar-refractivity contribution in [1.29, 1.82) is 0 Å². The second-order valence-electron chi connectivity index (χ2n) is 9.17. The average molecular weight is 478 g/mol. The molecule has 9 nitrogen and oxygen atoms in total. The Kier molecular flexibility index (Phi) is 7.13. The molecule has 1 unspecified atom stereocenters. The van der Waals surface area contributed by atoms with Gasteiger partial charge in [0.15, 0.2) is 18.1 Å². The van der Waals surface area contributed by atoms with Crippen molar-refractivity contribution in [2.24, 2.45) is 5.92 Å². The number of piperidine rings is 1. The molecule has 1 fully saturated rings. The molecule has 1 aromatic heterocycles. The third kappa shape index (κ3) is 5.92. The molecular formula is C26H31N5O4. The van der Waals surface area contributed by atoms with Crippen LogP contribution in [0.2, 0.25) is 0 Å². The Bertz CT molecular complexity index is 1150. The Morgan fingerprint density at radius 2 is 2.03 bits per heavy atom. The Balaban J connectivity index is 1.28. The van der Waals surface area contributed by atoms with Gasteiger partial charge in [-0.3, -0.25) is 14.4 Å². The maximum absolute atomic E-state index is 12.4. The van der Waals surface area contributed by atoms with Gasteiger partial charge >= 0.3 is 0 Å². The van der Waals surface area contributed by atoms with Crippen molar-refractivity contribution in [2.45, 2.75) is 32.9 Å². The van der Waals surface area contributed by atoms with Gasteiger partial charge in [0.1, 0.15) is 18.4 Å². The molecule has 184 valence electrons. The van der Waals surface area contributed by atoms with Crippen molar-refractivity contribution in [3.05, 3.63) is 54.6 Å². The fourth-order valence-electron chi connectivity index (χ4n) is 4.62. The minimum Gasteiger partial charge on any atom is -0.483 e. The highest BCUT2D eigenvalue weighted by Gasteiger charge is 2.20. The van der Waals surface area contributed by atoms with Crippen LogP contribution in [-0.4, -0.2) is 58.6 Å². The molecule has 0 radical (unpaired) electrons. The van der Waals surface area contributed by atoms with Crippen molar-refractivity contribution < 1.29 is 19.0 Å². The Morgan fingerprint density at radius 1 is 1.17 bits per heavy atom. The lowest BCUT2D eigenvalue weighted by atomic mass is 9.98. The van der Waals surface area contributed by atoms with Crippen LogP contribution in [0, 0.1) is 5.92 Å². The third-order valence-corrected chi connectivity index (χ3v) is 6.39. The number of nitrogens with one attached hydrogen (secondary N) is 1. The zero-order valence-electron chi connectivity index (χ0n) is 20.0. The van der Waals surface area contributed by atoms with Gasteiger partial charge in [-0.25, -0.2) is 4.98 Å². The van der Waals surface area contributed by atoms with Crippen LogP contribution < -0.4 is 19.5 Å². The summed E-state index contributed by atoms with van der Waals surface area (Å²) in [5.41, 5.74) is 3.21. The van der Waals surface area contributed by atoms with Gasteiger partial charge in [0.2, 0.25) is 6.79 Å². The molecule has 1 amide bonds. The first-order chi connectivity index (χ1) is 17.1. The van der Waals surface area contributed by atoms with E-state index in [4.69, 9.17) is 14.2 Å². The highest BCUT2D eigenvalue weighted by Crippen LogP contribution is 2.37. The molecule has 1 N–H and O–H groups in total. The average Bonchev–Trinajstić information content (AvgIpc) is 3.55. The summed E-state index contributed by atoms with van der Waals surface area (Å²) in [5.74, 6) is 2.78. The van der Waals surface area contributed by atoms with E-state index in [0.29, 0.717) is 19.0 Å². The van der Waals surface area contributed by atoms with Crippen LogP contribution in [0.5, 0.6) is 17.2 Å². The SMILES string of the molecule is CC1CCCN(Cc2cc(-c3ccc4c(c3)OCO4)ccc2OCC(=O)NCCn2cncn2)C1. The van der Waals surface area contributed by atoms with Gasteiger partial charge in [0.05, 0.1) is 6.54 Å². The van der Waals surface area contributed by atoms with Gasteiger partial charge in [-0.1, -0.05) is 19.1 Å². The maximum atomic E-state index is 12.4. The summed E-state index contributed by atoms with van der Waals surface area (Å²) in [6.07, 6.45) is 5.57. The Morgan fingerprint density at radius 3 is 2.89 bits per heavy atom. The van der Waals surface area contributed by atoms with Crippen LogP contribution in [0.4, 0.5) is 0 Å². The first kappa shape index (κ1) is 23.2. The molecular weight excluding hydrogens is 446 g/mol. The molecule has 0 saturated carbocycles. The highest BCUT2D eigenvalue weighted by molar-refractivity contribution is 5.77. The second kappa shape index (κ2) is 10.8. The molecule has 0 bridgehead atoms. The standard InChI is InChI=1S/C26H31N5O4/c1-19-3-2-9-30(13-19)14-22-11-20(21-5-7-24-25(12-21)35-18-34-24)4-6-23(22)33-15-26(32)28-8-10-31-17-27-16-29-31/h4-7,11-12,16-17,19H,2-3,8-10,13-15,18H2,1H3,(H,28,32). The summed E-state index contributed by atoms with van der Waals surface area (Å²) in [5, 5.41) is 6.91. The van der Waals surface area contributed by atoms with Crippen LogP contribution >= 0.6 is 0 Å². The number of nitrogens with zero attached hydrogens (tertiary/aromatic N) is 4. The highest BCUT2D eigenvalue weighted by atomic mass is 16.7. The molecule has 9 heteroatoms. The van der Waals surface area contributed by atoms with E-state index < -0.39 is 0 Å². The van der Waals surface area contributed by atoms with E-state index in [0.717, 1.165) is 53.6 Å². The molecule has 5 rings (SSSR count). The summed E-state index contributed by atoms with van der Waals surface area (Å²) < 4.78 is 18.7. The maximum Gasteiger partial charge on any atom is 0.258 e. The molecule has 0 aliphatic carbocycles. The number of carbonyl (C=O) groups excluding carboxylic acids is 1. The number of ether oxygens (including phenoxy) is 3. The number of likely N-dealkylation sites (tertiary alicyclic amines) is 1. The normalized spacial score (nSPS) is 17.3. The molecule has 1 atom stereocenters. The van der Waals surface area contributed by atoms with E-state index in [1.54, 1.807) is 11.0 Å². The van der Waals surface area contributed by atoms with Crippen molar-refractivity contribution in [2.75, 3.05) is 33.0 Å². The van der Waals surface area contributed by atoms with Crippen LogP contribution in [0.15, 0.2) is 49.1 Å². The lowest BCUT2D eigenvalue weighted by Gasteiger charge is -2.31. The van der Waals surface area contributed by atoms with E-state index in [1.165, 1.54) is 19.2 Å². The van der Waals surface area contributed by atoms with E-state index in [2.05, 4.69) is 33.3 Å². The summed E-state index contributed by atoms with van der Waals surface area (Å²) in [4.78, 5) is 18.7. The van der Waals surface area contributed by atoms with Gasteiger partial charge in [-0.15, -0.1) is 0 Å². The topological polar surface area (TPSA) is 90.7 Å². The Labute approximate surface area is 205 Å². The quantitative estimate of drug-likeness (QED) is 0.506. The molecule has 2 aromatic carbocycles. The smallest absolute Gasteiger partial charge is 0.258 e. The zero-order chi connectivity index (χ0) is 24.0. The first-order valence-corrected chi connectivity index (χ1v) is 12.1. The zero-order valence-corrected chi connectivity index (χ0v) is 20.0. The van der Waals surface area contributed by atoms with Crippen molar-refractivity contribution in [1.82, 2.24) is 25.0 Å². The van der Waals surface area contributed by atoms with E-state index in [9.17, 15) is 4.79 Å². The van der Waals surface area contributed by atoms with Gasteiger partial charge in [0, 0.05) is 25.2 Å². The van der Waals surface area contributed by atoms with Gasteiger partial charge < -0.3 is 19.5 Å². The largest absolute Gasteiger partial charge is 0.483 e. The van der Waals surface area contributed by atoms with Gasteiger partial charge in [-0.2, -0.15) is 5.10 Å². The fraction of sp³-hybridized carbons (Fsp3) is 0.423. The van der Waals surface area contributed by atoms with Crippen molar-refractivity contribution in [3.8, 4) is 28.4 Å². The minimum atomic E-state index is -0.164. The molecule has 3 heterocycles.